The summed E-state index contributed by atoms with van der Waals surface area (Å²) in [6.07, 6.45) is 0. The second kappa shape index (κ2) is 8.19. The summed E-state index contributed by atoms with van der Waals surface area (Å²) in [6.45, 7) is 0. The third-order valence-corrected chi connectivity index (χ3v) is 6.82. The number of halogens is 2. The second-order valence-electron chi connectivity index (χ2n) is 7.38. The maximum absolute atomic E-state index is 13.2. The van der Waals surface area contributed by atoms with Crippen molar-refractivity contribution in [1.29, 1.82) is 0 Å². The minimum Gasteiger partial charge on any atom is -0.508 e. The van der Waals surface area contributed by atoms with E-state index in [1.807, 2.05) is 0 Å². The lowest BCUT2D eigenvalue weighted by Crippen LogP contribution is -2.29. The number of phenols is 1. The van der Waals surface area contributed by atoms with Crippen molar-refractivity contribution in [2.45, 2.75) is 6.04 Å². The molecule has 6 nitrogen and oxygen atoms in total. The van der Waals surface area contributed by atoms with E-state index in [1.165, 1.54) is 28.4 Å². The van der Waals surface area contributed by atoms with Gasteiger partial charge in [-0.15, -0.1) is 0 Å². The van der Waals surface area contributed by atoms with Gasteiger partial charge in [-0.1, -0.05) is 46.7 Å². The predicted octanol–water partition coefficient (Wildman–Crippen LogP) is 5.94. The molecule has 1 aliphatic heterocycles. The largest absolute Gasteiger partial charge is 0.508 e. The van der Waals surface area contributed by atoms with Gasteiger partial charge in [0.25, 0.3) is 5.78 Å². The molecule has 33 heavy (non-hydrogen) atoms. The summed E-state index contributed by atoms with van der Waals surface area (Å²) in [7, 11) is 0. The number of hydrogen-bond donors (Lipinski definition) is 2. The number of ketones is 1. The fraction of sp³-hybridized carbons (Fsp3) is 0.0417. The zero-order chi connectivity index (χ0) is 23.3. The van der Waals surface area contributed by atoms with Crippen LogP contribution in [0.1, 0.15) is 17.2 Å². The molecule has 1 unspecified atom stereocenters. The molecule has 2 N–H and O–H groups in total. The molecule has 1 aliphatic rings. The summed E-state index contributed by atoms with van der Waals surface area (Å²) in [6, 6.07) is 16.6. The number of rotatable bonds is 3. The van der Waals surface area contributed by atoms with E-state index >= 15 is 0 Å². The summed E-state index contributed by atoms with van der Waals surface area (Å²) in [5, 5.41) is 22.1. The van der Waals surface area contributed by atoms with Crippen LogP contribution in [0.25, 0.3) is 16.0 Å². The lowest BCUT2D eigenvalue weighted by Gasteiger charge is -2.23. The summed E-state index contributed by atoms with van der Waals surface area (Å²) in [4.78, 5) is 32.2. The number of benzene rings is 3. The van der Waals surface area contributed by atoms with E-state index in [-0.39, 0.29) is 17.1 Å². The fourth-order valence-electron chi connectivity index (χ4n) is 3.75. The maximum Gasteiger partial charge on any atom is 0.301 e. The summed E-state index contributed by atoms with van der Waals surface area (Å²) in [5.74, 6) is -1.94. The van der Waals surface area contributed by atoms with Gasteiger partial charge < -0.3 is 10.2 Å². The van der Waals surface area contributed by atoms with Gasteiger partial charge in [-0.25, -0.2) is 4.98 Å². The minimum atomic E-state index is -0.947. The number of carbonyl (C=O) groups is 2. The van der Waals surface area contributed by atoms with Crippen LogP contribution < -0.4 is 4.90 Å². The predicted molar refractivity (Wildman–Crippen MR) is 129 cm³/mol. The average molecular weight is 497 g/mol. The molecule has 0 bridgehead atoms. The molecule has 1 saturated heterocycles. The van der Waals surface area contributed by atoms with Crippen LogP contribution >= 0.6 is 34.5 Å². The lowest BCUT2D eigenvalue weighted by atomic mass is 9.95. The monoisotopic (exact) mass is 496 g/mol. The molecule has 1 aromatic heterocycles. The van der Waals surface area contributed by atoms with Gasteiger partial charge in [0.15, 0.2) is 5.13 Å². The van der Waals surface area contributed by atoms with E-state index in [4.69, 9.17) is 23.2 Å². The Morgan fingerprint density at radius 2 is 1.61 bits per heavy atom. The number of anilines is 1. The summed E-state index contributed by atoms with van der Waals surface area (Å²) in [5.41, 5.74) is 1.42. The Kier molecular flexibility index (Phi) is 5.32. The smallest absolute Gasteiger partial charge is 0.301 e. The molecular formula is C24H14Cl2N2O4S. The molecule has 1 atom stereocenters. The van der Waals surface area contributed by atoms with Crippen molar-refractivity contribution in [3.8, 4) is 5.75 Å². The Morgan fingerprint density at radius 1 is 0.939 bits per heavy atom. The van der Waals surface area contributed by atoms with Crippen molar-refractivity contribution >= 4 is 67.3 Å². The Hall–Kier alpha value is -3.39. The lowest BCUT2D eigenvalue weighted by molar-refractivity contribution is -0.132. The SMILES string of the molecule is O=C1C(=O)N(c2nc3ccc(Cl)cc3s2)C(c2ccc(O)cc2)/C1=C(\O)c1ccc(Cl)cc1. The molecule has 0 saturated carbocycles. The number of hydrogen-bond acceptors (Lipinski definition) is 6. The Labute approximate surface area is 201 Å². The van der Waals surface area contributed by atoms with Crippen LogP contribution in [-0.2, 0) is 9.59 Å². The van der Waals surface area contributed by atoms with Gasteiger partial charge in [0.05, 0.1) is 21.8 Å². The molecule has 3 aromatic carbocycles. The highest BCUT2D eigenvalue weighted by Gasteiger charge is 2.48. The van der Waals surface area contributed by atoms with Gasteiger partial charge in [0, 0.05) is 15.6 Å². The molecule has 1 amide bonds. The number of aromatic nitrogens is 1. The Morgan fingerprint density at radius 3 is 2.30 bits per heavy atom. The number of fused-ring (bicyclic) bond motifs is 1. The first-order valence-electron chi connectivity index (χ1n) is 9.75. The maximum atomic E-state index is 13.2. The van der Waals surface area contributed by atoms with Crippen molar-refractivity contribution < 1.29 is 19.8 Å². The number of carbonyl (C=O) groups excluding carboxylic acids is 2. The second-order valence-corrected chi connectivity index (χ2v) is 9.26. The van der Waals surface area contributed by atoms with E-state index in [9.17, 15) is 19.8 Å². The van der Waals surface area contributed by atoms with E-state index < -0.39 is 17.7 Å². The van der Waals surface area contributed by atoms with Gasteiger partial charge in [0.2, 0.25) is 0 Å². The highest BCUT2D eigenvalue weighted by atomic mass is 35.5. The van der Waals surface area contributed by atoms with Crippen LogP contribution in [0.4, 0.5) is 5.13 Å². The van der Waals surface area contributed by atoms with Crippen molar-refractivity contribution in [2.75, 3.05) is 4.90 Å². The number of aliphatic hydroxyl groups is 1. The number of aromatic hydroxyl groups is 1. The van der Waals surface area contributed by atoms with Crippen molar-refractivity contribution in [1.82, 2.24) is 4.98 Å². The molecule has 0 spiro atoms. The van der Waals surface area contributed by atoms with Crippen LogP contribution in [-0.4, -0.2) is 26.9 Å². The molecule has 9 heteroatoms. The zero-order valence-corrected chi connectivity index (χ0v) is 19.0. The van der Waals surface area contributed by atoms with Crippen molar-refractivity contribution in [3.63, 3.8) is 0 Å². The first kappa shape index (κ1) is 21.5. The van der Waals surface area contributed by atoms with E-state index in [0.29, 0.717) is 31.8 Å². The topological polar surface area (TPSA) is 90.7 Å². The van der Waals surface area contributed by atoms with Crippen LogP contribution in [0.3, 0.4) is 0 Å². The summed E-state index contributed by atoms with van der Waals surface area (Å²) >= 11 is 13.3. The minimum absolute atomic E-state index is 0.0306. The number of thiazole rings is 1. The first-order valence-corrected chi connectivity index (χ1v) is 11.3. The van der Waals surface area contributed by atoms with Gasteiger partial charge in [-0.05, 0) is 60.2 Å². The molecule has 4 aromatic rings. The molecule has 0 radical (unpaired) electrons. The van der Waals surface area contributed by atoms with Crippen LogP contribution in [0.2, 0.25) is 10.0 Å². The Balaban J connectivity index is 1.73. The Bertz CT molecular complexity index is 1450. The zero-order valence-electron chi connectivity index (χ0n) is 16.7. The number of nitrogens with zero attached hydrogens (tertiary/aromatic N) is 2. The number of Topliss-reactive ketones (excluding diaryl/α,β-unsaturated/α-hetero) is 1. The van der Waals surface area contributed by atoms with E-state index in [0.717, 1.165) is 4.70 Å². The van der Waals surface area contributed by atoms with Gasteiger partial charge >= 0.3 is 5.91 Å². The standard InChI is InChI=1S/C24H14Cl2N2O4S/c25-14-5-1-13(2-6-14)21(30)19-20(12-3-8-16(29)9-4-12)28(23(32)22(19)31)24-27-17-10-7-15(26)11-18(17)33-24/h1-11,20,29-30H/b21-19+. The molecule has 5 rings (SSSR count). The van der Waals surface area contributed by atoms with E-state index in [1.54, 1.807) is 54.6 Å². The average Bonchev–Trinajstić information content (AvgIpc) is 3.32. The van der Waals surface area contributed by atoms with Crippen molar-refractivity contribution in [3.05, 3.63) is 93.5 Å². The number of phenolic OH excluding ortho intramolecular Hbond substituents is 1. The molecule has 0 aliphatic carbocycles. The van der Waals surface area contributed by atoms with Gasteiger partial charge in [-0.3, -0.25) is 14.5 Å². The molecular weight excluding hydrogens is 483 g/mol. The normalized spacial score (nSPS) is 17.8. The number of aliphatic hydroxyl groups excluding tert-OH is 1. The highest BCUT2D eigenvalue weighted by molar-refractivity contribution is 7.22. The van der Waals surface area contributed by atoms with Crippen LogP contribution in [0.5, 0.6) is 5.75 Å². The molecule has 164 valence electrons. The summed E-state index contributed by atoms with van der Waals surface area (Å²) < 4.78 is 0.751. The van der Waals surface area contributed by atoms with Crippen molar-refractivity contribution in [2.24, 2.45) is 0 Å². The molecule has 2 heterocycles. The molecule has 1 fully saturated rings. The van der Waals surface area contributed by atoms with Crippen LogP contribution in [0, 0.1) is 0 Å². The highest BCUT2D eigenvalue weighted by Crippen LogP contribution is 2.44. The van der Waals surface area contributed by atoms with E-state index in [2.05, 4.69) is 4.98 Å². The van der Waals surface area contributed by atoms with Gasteiger partial charge in [0.1, 0.15) is 11.5 Å². The fourth-order valence-corrected chi connectivity index (χ4v) is 5.15. The van der Waals surface area contributed by atoms with Crippen LogP contribution in [0.15, 0.2) is 72.3 Å². The quantitative estimate of drug-likeness (QED) is 0.208. The first-order chi connectivity index (χ1) is 15.8. The third-order valence-electron chi connectivity index (χ3n) is 5.32. The number of amides is 1. The third kappa shape index (κ3) is 3.74. The van der Waals surface area contributed by atoms with Gasteiger partial charge in [-0.2, -0.15) is 0 Å².